The van der Waals surface area contributed by atoms with Gasteiger partial charge in [-0.15, -0.1) is 0 Å². The van der Waals surface area contributed by atoms with Crippen LogP contribution in [0.1, 0.15) is 18.4 Å². The number of nitrogens with two attached hydrogens (primary N) is 1. The summed E-state index contributed by atoms with van der Waals surface area (Å²) >= 11 is 4.81. The van der Waals surface area contributed by atoms with Crippen molar-refractivity contribution in [2.24, 2.45) is 5.73 Å². The fourth-order valence-corrected chi connectivity index (χ4v) is 1.76. The van der Waals surface area contributed by atoms with Crippen molar-refractivity contribution in [1.29, 1.82) is 0 Å². The largest absolute Gasteiger partial charge is 0.389 e. The maximum Gasteiger partial charge on any atom is 0.249 e. The van der Waals surface area contributed by atoms with Gasteiger partial charge in [0, 0.05) is 18.2 Å². The molecule has 0 aliphatic carbocycles. The fraction of sp³-hybridized carbons (Fsp3) is 0.273. The van der Waals surface area contributed by atoms with Crippen LogP contribution in [0.2, 0.25) is 0 Å². The Morgan fingerprint density at radius 3 is 2.83 bits per heavy atom. The van der Waals surface area contributed by atoms with Crippen molar-refractivity contribution in [2.75, 3.05) is 5.32 Å². The van der Waals surface area contributed by atoms with E-state index in [1.165, 1.54) is 6.20 Å². The maximum atomic E-state index is 11.5. The minimum absolute atomic E-state index is 0.241. The highest BCUT2D eigenvalue weighted by molar-refractivity contribution is 7.80. The van der Waals surface area contributed by atoms with Crippen molar-refractivity contribution in [1.82, 2.24) is 10.3 Å². The van der Waals surface area contributed by atoms with Crippen LogP contribution in [-0.4, -0.2) is 27.8 Å². The SMILES string of the molecule is NC(=S)c1ccc(NC2CCC(=O)NC2=O)nc1. The first-order chi connectivity index (χ1) is 8.56. The number of carbonyl (C=O) groups is 2. The Morgan fingerprint density at radius 2 is 2.28 bits per heavy atom. The summed E-state index contributed by atoms with van der Waals surface area (Å²) in [7, 11) is 0. The van der Waals surface area contributed by atoms with Crippen molar-refractivity contribution < 1.29 is 9.59 Å². The van der Waals surface area contributed by atoms with Gasteiger partial charge in [-0.25, -0.2) is 4.98 Å². The van der Waals surface area contributed by atoms with Crippen molar-refractivity contribution >= 4 is 34.8 Å². The molecule has 0 bridgehead atoms. The summed E-state index contributed by atoms with van der Waals surface area (Å²) in [5, 5.41) is 5.23. The zero-order valence-corrected chi connectivity index (χ0v) is 10.3. The Morgan fingerprint density at radius 1 is 1.50 bits per heavy atom. The number of amides is 2. The highest BCUT2D eigenvalue weighted by atomic mass is 32.1. The number of imide groups is 1. The summed E-state index contributed by atoms with van der Waals surface area (Å²) in [6, 6.07) is 2.98. The number of nitrogens with zero attached hydrogens (tertiary/aromatic N) is 1. The summed E-state index contributed by atoms with van der Waals surface area (Å²) in [5.74, 6) is -0.0224. The minimum Gasteiger partial charge on any atom is -0.389 e. The van der Waals surface area contributed by atoms with Crippen LogP contribution in [0, 0.1) is 0 Å². The molecule has 1 unspecified atom stereocenters. The summed E-state index contributed by atoms with van der Waals surface area (Å²) in [6.45, 7) is 0. The average molecular weight is 264 g/mol. The van der Waals surface area contributed by atoms with Crippen LogP contribution in [0.5, 0.6) is 0 Å². The number of pyridine rings is 1. The molecule has 2 rings (SSSR count). The van der Waals surface area contributed by atoms with Gasteiger partial charge in [0.2, 0.25) is 11.8 Å². The van der Waals surface area contributed by atoms with Crippen molar-refractivity contribution in [2.45, 2.75) is 18.9 Å². The minimum atomic E-state index is -0.439. The molecule has 2 amide bonds. The van der Waals surface area contributed by atoms with E-state index < -0.39 is 6.04 Å². The Hall–Kier alpha value is -2.02. The van der Waals surface area contributed by atoms with E-state index in [1.807, 2.05) is 0 Å². The predicted molar refractivity (Wildman–Crippen MR) is 69.9 cm³/mol. The molecule has 0 saturated carbocycles. The van der Waals surface area contributed by atoms with Gasteiger partial charge in [0.25, 0.3) is 0 Å². The number of hydrogen-bond acceptors (Lipinski definition) is 5. The van der Waals surface area contributed by atoms with Gasteiger partial charge in [0.1, 0.15) is 16.8 Å². The molecule has 0 aromatic carbocycles. The van der Waals surface area contributed by atoms with Gasteiger partial charge in [0.05, 0.1) is 0 Å². The second-order valence-corrected chi connectivity index (χ2v) is 4.38. The number of anilines is 1. The first-order valence-electron chi connectivity index (χ1n) is 5.42. The van der Waals surface area contributed by atoms with E-state index in [4.69, 9.17) is 18.0 Å². The lowest BCUT2D eigenvalue weighted by Gasteiger charge is -2.22. The molecule has 0 spiro atoms. The van der Waals surface area contributed by atoms with Crippen molar-refractivity contribution in [3.05, 3.63) is 23.9 Å². The molecule has 1 fully saturated rings. The summed E-state index contributed by atoms with van der Waals surface area (Å²) in [4.78, 5) is 26.9. The third-order valence-electron chi connectivity index (χ3n) is 2.61. The first-order valence-corrected chi connectivity index (χ1v) is 5.83. The van der Waals surface area contributed by atoms with Crippen molar-refractivity contribution in [3.63, 3.8) is 0 Å². The lowest BCUT2D eigenvalue weighted by Crippen LogP contribution is -2.47. The maximum absolute atomic E-state index is 11.5. The zero-order chi connectivity index (χ0) is 13.1. The Bertz CT molecular complexity index is 500. The quantitative estimate of drug-likeness (QED) is 0.522. The van der Waals surface area contributed by atoms with Crippen LogP contribution in [0.4, 0.5) is 5.82 Å². The molecule has 1 aliphatic rings. The number of thiocarbonyl (C=S) groups is 1. The first kappa shape index (κ1) is 12.4. The van der Waals surface area contributed by atoms with Crippen molar-refractivity contribution in [3.8, 4) is 0 Å². The summed E-state index contributed by atoms with van der Waals surface area (Å²) in [6.07, 6.45) is 2.33. The van der Waals surface area contributed by atoms with Gasteiger partial charge >= 0.3 is 0 Å². The molecule has 94 valence electrons. The lowest BCUT2D eigenvalue weighted by atomic mass is 10.1. The van der Waals surface area contributed by atoms with E-state index in [1.54, 1.807) is 12.1 Å². The summed E-state index contributed by atoms with van der Waals surface area (Å²) < 4.78 is 0. The number of aromatic nitrogens is 1. The van der Waals surface area contributed by atoms with Crippen LogP contribution in [-0.2, 0) is 9.59 Å². The molecule has 1 aliphatic heterocycles. The van der Waals surface area contributed by atoms with Crippen LogP contribution in [0.25, 0.3) is 0 Å². The number of carbonyl (C=O) groups excluding carboxylic acids is 2. The van der Waals surface area contributed by atoms with E-state index in [9.17, 15) is 9.59 Å². The molecular formula is C11H12N4O2S. The molecule has 7 heteroatoms. The van der Waals surface area contributed by atoms with Gasteiger partial charge < -0.3 is 11.1 Å². The highest BCUT2D eigenvalue weighted by Crippen LogP contribution is 2.12. The molecule has 1 saturated heterocycles. The number of rotatable bonds is 3. The van der Waals surface area contributed by atoms with Gasteiger partial charge in [-0.2, -0.15) is 0 Å². The highest BCUT2D eigenvalue weighted by Gasteiger charge is 2.26. The predicted octanol–water partition coefficient (Wildman–Crippen LogP) is -0.0671. The van der Waals surface area contributed by atoms with Gasteiger partial charge in [-0.05, 0) is 18.6 Å². The molecule has 0 radical (unpaired) electrons. The van der Waals surface area contributed by atoms with Gasteiger partial charge in [0.15, 0.2) is 0 Å². The van der Waals surface area contributed by atoms with Crippen LogP contribution in [0.15, 0.2) is 18.3 Å². The monoisotopic (exact) mass is 264 g/mol. The Kier molecular flexibility index (Phi) is 3.52. The molecule has 1 aromatic rings. The molecule has 4 N–H and O–H groups in total. The second-order valence-electron chi connectivity index (χ2n) is 3.94. The zero-order valence-electron chi connectivity index (χ0n) is 9.47. The van der Waals surface area contributed by atoms with Crippen LogP contribution >= 0.6 is 12.2 Å². The molecule has 6 nitrogen and oxygen atoms in total. The molecule has 1 aromatic heterocycles. The van der Waals surface area contributed by atoms with E-state index in [0.717, 1.165) is 0 Å². The average Bonchev–Trinajstić information content (AvgIpc) is 2.33. The van der Waals surface area contributed by atoms with E-state index in [0.29, 0.717) is 24.2 Å². The normalized spacial score (nSPS) is 19.2. The van der Waals surface area contributed by atoms with E-state index in [-0.39, 0.29) is 16.8 Å². The van der Waals surface area contributed by atoms with Crippen LogP contribution in [0.3, 0.4) is 0 Å². The van der Waals surface area contributed by atoms with E-state index >= 15 is 0 Å². The topological polar surface area (TPSA) is 97.1 Å². The van der Waals surface area contributed by atoms with Crippen LogP contribution < -0.4 is 16.4 Å². The Labute approximate surface area is 109 Å². The second kappa shape index (κ2) is 5.09. The standard InChI is InChI=1S/C11H12N4O2S/c12-10(18)6-1-3-8(13-5-6)14-7-2-4-9(16)15-11(7)17/h1,3,5,7H,2,4H2,(H2,12,18)(H,13,14)(H,15,16,17). The lowest BCUT2D eigenvalue weighted by molar-refractivity contribution is -0.133. The molecule has 18 heavy (non-hydrogen) atoms. The molecular weight excluding hydrogens is 252 g/mol. The fourth-order valence-electron chi connectivity index (χ4n) is 1.63. The van der Waals surface area contributed by atoms with Gasteiger partial charge in [-0.3, -0.25) is 14.9 Å². The smallest absolute Gasteiger partial charge is 0.249 e. The molecule has 2 heterocycles. The molecule has 1 atom stereocenters. The third kappa shape index (κ3) is 2.80. The number of piperidine rings is 1. The Balaban J connectivity index is 2.03. The van der Waals surface area contributed by atoms with E-state index in [2.05, 4.69) is 15.6 Å². The summed E-state index contributed by atoms with van der Waals surface area (Å²) in [5.41, 5.74) is 6.12. The third-order valence-corrected chi connectivity index (χ3v) is 2.84. The number of hydrogen-bond donors (Lipinski definition) is 3. The number of nitrogens with one attached hydrogen (secondary N) is 2. The van der Waals surface area contributed by atoms with Gasteiger partial charge in [-0.1, -0.05) is 12.2 Å².